The molecule has 0 amide bonds. The Balaban J connectivity index is 2.61. The molecule has 0 fully saturated rings. The van der Waals surface area contributed by atoms with E-state index in [-0.39, 0.29) is 19.0 Å². The molecule has 1 aromatic heterocycles. The molecule has 0 radical (unpaired) electrons. The van der Waals surface area contributed by atoms with Gasteiger partial charge >= 0.3 is 5.97 Å². The van der Waals surface area contributed by atoms with Gasteiger partial charge in [-0.25, -0.2) is 0 Å². The topological polar surface area (TPSA) is 86.7 Å². The molecule has 18 heavy (non-hydrogen) atoms. The number of carboxylic acids is 1. The molecule has 1 atom stereocenters. The molecular weight excluding hydrogens is 276 g/mol. The molecule has 0 aliphatic heterocycles. The van der Waals surface area contributed by atoms with Crippen LogP contribution in [0.4, 0.5) is 0 Å². The fourth-order valence-corrected chi connectivity index (χ4v) is 3.12. The van der Waals surface area contributed by atoms with Gasteiger partial charge in [0.2, 0.25) is 0 Å². The van der Waals surface area contributed by atoms with Crippen molar-refractivity contribution in [2.75, 3.05) is 13.6 Å². The van der Waals surface area contributed by atoms with Crippen LogP contribution < -0.4 is 4.72 Å². The number of thiophene rings is 1. The molecular formula is C10H16N2O4S2. The maximum atomic E-state index is 11.9. The minimum Gasteiger partial charge on any atom is -0.481 e. The van der Waals surface area contributed by atoms with E-state index in [1.807, 2.05) is 16.8 Å². The van der Waals surface area contributed by atoms with Crippen LogP contribution in [0.15, 0.2) is 16.8 Å². The molecule has 0 aliphatic carbocycles. The van der Waals surface area contributed by atoms with E-state index in [0.717, 1.165) is 9.87 Å². The van der Waals surface area contributed by atoms with Crippen LogP contribution in [0.1, 0.15) is 24.9 Å². The van der Waals surface area contributed by atoms with E-state index in [2.05, 4.69) is 4.72 Å². The van der Waals surface area contributed by atoms with Crippen molar-refractivity contribution in [1.29, 1.82) is 0 Å². The van der Waals surface area contributed by atoms with Gasteiger partial charge in [-0.3, -0.25) is 4.79 Å². The number of hydrogen-bond donors (Lipinski definition) is 2. The van der Waals surface area contributed by atoms with Gasteiger partial charge in [-0.1, -0.05) is 0 Å². The van der Waals surface area contributed by atoms with Crippen molar-refractivity contribution in [3.05, 3.63) is 22.4 Å². The smallest absolute Gasteiger partial charge is 0.304 e. The fraction of sp³-hybridized carbons (Fsp3) is 0.500. The van der Waals surface area contributed by atoms with Gasteiger partial charge in [0.15, 0.2) is 0 Å². The number of carboxylic acid groups (broad SMARTS) is 1. The molecule has 102 valence electrons. The molecule has 0 aromatic carbocycles. The van der Waals surface area contributed by atoms with E-state index in [4.69, 9.17) is 5.11 Å². The SMILES string of the molecule is CC(NS(=O)(=O)N(C)CCC(=O)O)c1ccsc1. The van der Waals surface area contributed by atoms with Gasteiger partial charge in [0, 0.05) is 19.6 Å². The summed E-state index contributed by atoms with van der Waals surface area (Å²) in [5.41, 5.74) is 0.884. The van der Waals surface area contributed by atoms with E-state index in [1.54, 1.807) is 6.92 Å². The normalized spacial score (nSPS) is 13.7. The summed E-state index contributed by atoms with van der Waals surface area (Å²) >= 11 is 1.49. The van der Waals surface area contributed by atoms with Gasteiger partial charge < -0.3 is 5.11 Å². The number of nitrogens with one attached hydrogen (secondary N) is 1. The van der Waals surface area contributed by atoms with E-state index in [0.29, 0.717) is 0 Å². The lowest BCUT2D eigenvalue weighted by atomic mass is 10.2. The number of hydrogen-bond acceptors (Lipinski definition) is 4. The summed E-state index contributed by atoms with van der Waals surface area (Å²) in [5.74, 6) is -1.03. The van der Waals surface area contributed by atoms with Gasteiger partial charge in [-0.15, -0.1) is 0 Å². The Morgan fingerprint density at radius 2 is 2.28 bits per heavy atom. The van der Waals surface area contributed by atoms with Crippen molar-refractivity contribution in [2.24, 2.45) is 0 Å². The van der Waals surface area contributed by atoms with Crippen LogP contribution in [0.2, 0.25) is 0 Å². The van der Waals surface area contributed by atoms with Crippen LogP contribution >= 0.6 is 11.3 Å². The van der Waals surface area contributed by atoms with Crippen molar-refractivity contribution in [3.8, 4) is 0 Å². The monoisotopic (exact) mass is 292 g/mol. The molecule has 1 unspecified atom stereocenters. The molecule has 2 N–H and O–H groups in total. The highest BCUT2D eigenvalue weighted by Gasteiger charge is 2.21. The first kappa shape index (κ1) is 15.1. The molecule has 1 heterocycles. The molecule has 0 saturated heterocycles. The van der Waals surface area contributed by atoms with Crippen LogP contribution in [0.5, 0.6) is 0 Å². The predicted octanol–water partition coefficient (Wildman–Crippen LogP) is 1.05. The fourth-order valence-electron chi connectivity index (χ4n) is 1.28. The second kappa shape index (κ2) is 6.28. The van der Waals surface area contributed by atoms with Crippen molar-refractivity contribution < 1.29 is 18.3 Å². The molecule has 0 spiro atoms. The van der Waals surface area contributed by atoms with Gasteiger partial charge in [-0.2, -0.15) is 28.8 Å². The minimum absolute atomic E-state index is 0.0545. The largest absolute Gasteiger partial charge is 0.481 e. The highest BCUT2D eigenvalue weighted by Crippen LogP contribution is 2.16. The van der Waals surface area contributed by atoms with Crippen LogP contribution in [-0.2, 0) is 15.0 Å². The molecule has 0 bridgehead atoms. The second-order valence-corrected chi connectivity index (χ2v) is 6.46. The molecule has 6 nitrogen and oxygen atoms in total. The third kappa shape index (κ3) is 4.37. The summed E-state index contributed by atoms with van der Waals surface area (Å²) in [6.45, 7) is 1.69. The Morgan fingerprint density at radius 1 is 1.61 bits per heavy atom. The summed E-state index contributed by atoms with van der Waals surface area (Å²) in [5, 5.41) is 12.3. The molecule has 1 rings (SSSR count). The number of carbonyl (C=O) groups is 1. The van der Waals surface area contributed by atoms with E-state index in [1.165, 1.54) is 18.4 Å². The summed E-state index contributed by atoms with van der Waals surface area (Å²) in [4.78, 5) is 10.4. The summed E-state index contributed by atoms with van der Waals surface area (Å²) < 4.78 is 27.2. The van der Waals surface area contributed by atoms with Crippen molar-refractivity contribution >= 4 is 27.5 Å². The third-order valence-electron chi connectivity index (χ3n) is 2.42. The Hall–Kier alpha value is -0.960. The first-order valence-electron chi connectivity index (χ1n) is 5.30. The van der Waals surface area contributed by atoms with E-state index < -0.39 is 16.2 Å². The lowest BCUT2D eigenvalue weighted by Gasteiger charge is -2.20. The Bertz CT molecular complexity index is 484. The number of nitrogens with zero attached hydrogens (tertiary/aromatic N) is 1. The first-order chi connectivity index (χ1) is 8.33. The van der Waals surface area contributed by atoms with Crippen LogP contribution in [0.3, 0.4) is 0 Å². The lowest BCUT2D eigenvalue weighted by Crippen LogP contribution is -2.40. The van der Waals surface area contributed by atoms with Crippen molar-refractivity contribution in [1.82, 2.24) is 9.03 Å². The molecule has 0 aliphatic rings. The van der Waals surface area contributed by atoms with Crippen molar-refractivity contribution in [3.63, 3.8) is 0 Å². The highest BCUT2D eigenvalue weighted by molar-refractivity contribution is 7.87. The van der Waals surface area contributed by atoms with Crippen LogP contribution in [-0.4, -0.2) is 37.4 Å². The highest BCUT2D eigenvalue weighted by atomic mass is 32.2. The zero-order chi connectivity index (χ0) is 13.8. The van der Waals surface area contributed by atoms with Crippen molar-refractivity contribution in [2.45, 2.75) is 19.4 Å². The quantitative estimate of drug-likeness (QED) is 0.786. The molecule has 0 saturated carbocycles. The Kier molecular flexibility index (Phi) is 5.27. The average molecular weight is 292 g/mol. The molecule has 1 aromatic rings. The maximum absolute atomic E-state index is 11.9. The van der Waals surface area contributed by atoms with Gasteiger partial charge in [0.1, 0.15) is 0 Å². The van der Waals surface area contributed by atoms with Crippen LogP contribution in [0.25, 0.3) is 0 Å². The Labute approximate surface area is 110 Å². The standard InChI is InChI=1S/C10H16N2O4S2/c1-8(9-4-6-17-7-9)11-18(15,16)12(2)5-3-10(13)14/h4,6-8,11H,3,5H2,1-2H3,(H,13,14). The van der Waals surface area contributed by atoms with E-state index in [9.17, 15) is 13.2 Å². The zero-order valence-corrected chi connectivity index (χ0v) is 11.8. The van der Waals surface area contributed by atoms with E-state index >= 15 is 0 Å². The summed E-state index contributed by atoms with van der Waals surface area (Å²) in [7, 11) is -2.30. The summed E-state index contributed by atoms with van der Waals surface area (Å²) in [6, 6.07) is 1.50. The zero-order valence-electron chi connectivity index (χ0n) is 10.2. The maximum Gasteiger partial charge on any atom is 0.304 e. The number of aliphatic carboxylic acids is 1. The minimum atomic E-state index is -3.66. The third-order valence-corrected chi connectivity index (χ3v) is 4.78. The average Bonchev–Trinajstić information content (AvgIpc) is 2.78. The number of rotatable bonds is 7. The van der Waals surface area contributed by atoms with Gasteiger partial charge in [-0.05, 0) is 29.3 Å². The second-order valence-electron chi connectivity index (χ2n) is 3.87. The molecule has 8 heteroatoms. The lowest BCUT2D eigenvalue weighted by molar-refractivity contribution is -0.137. The van der Waals surface area contributed by atoms with Crippen LogP contribution in [0, 0.1) is 0 Å². The Morgan fingerprint density at radius 3 is 2.78 bits per heavy atom. The predicted molar refractivity (Wildman–Crippen MR) is 69.7 cm³/mol. The first-order valence-corrected chi connectivity index (χ1v) is 7.68. The summed E-state index contributed by atoms with van der Waals surface area (Å²) in [6.07, 6.45) is -0.218. The van der Waals surface area contributed by atoms with Gasteiger partial charge in [0.05, 0.1) is 6.42 Å². The van der Waals surface area contributed by atoms with Gasteiger partial charge in [0.25, 0.3) is 10.2 Å².